The molecule has 9 nitrogen and oxygen atoms in total. The summed E-state index contributed by atoms with van der Waals surface area (Å²) in [7, 11) is 1.33. The number of aromatic nitrogens is 2. The Hall–Kier alpha value is -0.758. The Morgan fingerprint density at radius 3 is 2.37 bits per heavy atom. The van der Waals surface area contributed by atoms with E-state index in [1.807, 2.05) is 0 Å². The maximum atomic E-state index is 12.8. The molecule has 1 aliphatic rings. The zero-order valence-electron chi connectivity index (χ0n) is 21.7. The van der Waals surface area contributed by atoms with E-state index in [0.29, 0.717) is 0 Å². The van der Waals surface area contributed by atoms with Gasteiger partial charge in [-0.3, -0.25) is 9.36 Å². The predicted octanol–water partition coefficient (Wildman–Crippen LogP) is 4.74. The number of rotatable bonds is 9. The molecule has 2 rings (SSSR count). The summed E-state index contributed by atoms with van der Waals surface area (Å²) >= 11 is 5.47. The molecule has 2 N–H and O–H groups in total. The maximum Gasteiger partial charge on any atom is 0.407 e. The number of carbonyl (C=O) groups excluding carboxylic acids is 2. The van der Waals surface area contributed by atoms with Crippen LogP contribution >= 0.6 is 12.2 Å². The van der Waals surface area contributed by atoms with Crippen molar-refractivity contribution in [1.29, 1.82) is 0 Å². The van der Waals surface area contributed by atoms with Gasteiger partial charge in [-0.25, -0.2) is 9.78 Å². The minimum atomic E-state index is -0.735. The fourth-order valence-electron chi connectivity index (χ4n) is 4.78. The Kier molecular flexibility index (Phi) is 13.7. The van der Waals surface area contributed by atoms with E-state index in [4.69, 9.17) is 26.4 Å². The Bertz CT molecular complexity index is 811. The van der Waals surface area contributed by atoms with Crippen molar-refractivity contribution in [3.05, 3.63) is 24.5 Å². The number of carbonyl (C=O) groups is 2. The Balaban J connectivity index is 0.00000612. The molecule has 1 aromatic rings. The number of nitrogens with zero attached hydrogens (tertiary/aromatic N) is 2. The third kappa shape index (κ3) is 9.24. The van der Waals surface area contributed by atoms with Gasteiger partial charge in [0, 0.05) is 68.4 Å². The molecule has 1 amide bonds. The fraction of sp³-hybridized carbons (Fsp3) is 0.750. The van der Waals surface area contributed by atoms with E-state index in [9.17, 15) is 15.3 Å². The second-order valence-electron chi connectivity index (χ2n) is 9.88. The maximum absolute atomic E-state index is 12.8. The van der Waals surface area contributed by atoms with Crippen LogP contribution in [-0.2, 0) is 19.0 Å². The summed E-state index contributed by atoms with van der Waals surface area (Å²) in [5.41, 5.74) is 8.56. The van der Waals surface area contributed by atoms with E-state index in [1.165, 1.54) is 13.4 Å². The number of imidazole rings is 1. The van der Waals surface area contributed by atoms with Crippen LogP contribution in [0.5, 0.6) is 0 Å². The third-order valence-electron chi connectivity index (χ3n) is 6.15. The zero-order chi connectivity index (χ0) is 25.5. The van der Waals surface area contributed by atoms with Crippen LogP contribution in [0.4, 0.5) is 4.79 Å². The fourth-order valence-corrected chi connectivity index (χ4v) is 5.00. The number of amides is 1. The van der Waals surface area contributed by atoms with Gasteiger partial charge in [0.2, 0.25) is 0 Å². The molecule has 35 heavy (non-hydrogen) atoms. The number of ether oxygens (including phenoxy) is 3. The summed E-state index contributed by atoms with van der Waals surface area (Å²) in [5.74, 6) is -1.53. The van der Waals surface area contributed by atoms with Crippen LogP contribution in [0, 0.1) is 61.8 Å². The number of nitrogens with one attached hydrogen (secondary N) is 2. The van der Waals surface area contributed by atoms with Crippen molar-refractivity contribution in [1.82, 2.24) is 14.9 Å². The van der Waals surface area contributed by atoms with E-state index in [1.54, 1.807) is 37.7 Å². The van der Waals surface area contributed by atoms with Crippen molar-refractivity contribution >= 4 is 29.5 Å². The average molecular weight is 723 g/mol. The van der Waals surface area contributed by atoms with Crippen molar-refractivity contribution in [3.63, 3.8) is 0 Å². The average Bonchev–Trinajstić information content (AvgIpc) is 3.40. The molecule has 1 radical (unpaired) electrons. The smallest absolute Gasteiger partial charge is 0.407 e. The minimum Gasteiger partial charge on any atom is -0.674 e. The van der Waals surface area contributed by atoms with Gasteiger partial charge in [-0.15, -0.1) is 6.04 Å². The molecule has 1 saturated carbocycles. The summed E-state index contributed by atoms with van der Waals surface area (Å²) in [6.45, 7) is 9.56. The van der Waals surface area contributed by atoms with Crippen LogP contribution in [-0.4, -0.2) is 57.7 Å². The summed E-state index contributed by atoms with van der Waals surface area (Å²) in [6.07, 6.45) is 7.34. The SMILES string of the molecule is CCCC(CCC)C([NH-])[C@@H]1[C@H](OC(=S)n2ccnc2)[C@@H](C(=O)OC)C[C@H]1NC(=O)OC(C)(C)C.[Ac]. The topological polar surface area (TPSA) is 115 Å². The van der Waals surface area contributed by atoms with Crippen molar-refractivity contribution < 1.29 is 67.9 Å². The molecular formula is C24H39AcN4O5S-. The third-order valence-corrected chi connectivity index (χ3v) is 6.46. The molecule has 0 bridgehead atoms. The molecule has 1 unspecified atom stereocenters. The molecule has 0 aliphatic heterocycles. The predicted molar refractivity (Wildman–Crippen MR) is 133 cm³/mol. The molecule has 11 heteroatoms. The minimum absolute atomic E-state index is 0. The number of thiocarbonyl (C=S) groups is 1. The molecule has 0 aromatic carbocycles. The van der Waals surface area contributed by atoms with E-state index >= 15 is 0 Å². The molecule has 5 atom stereocenters. The van der Waals surface area contributed by atoms with Crippen molar-refractivity contribution in [2.45, 2.75) is 90.5 Å². The first-order valence-electron chi connectivity index (χ1n) is 12.0. The molecule has 0 saturated heterocycles. The Labute approximate surface area is 250 Å². The molecule has 195 valence electrons. The van der Waals surface area contributed by atoms with Gasteiger partial charge in [-0.2, -0.15) is 0 Å². The van der Waals surface area contributed by atoms with Gasteiger partial charge in [0.15, 0.2) is 0 Å². The number of alkyl carbamates (subject to hydrolysis) is 1. The zero-order valence-corrected chi connectivity index (χ0v) is 27.2. The first-order valence-corrected chi connectivity index (χ1v) is 12.4. The summed E-state index contributed by atoms with van der Waals surface area (Å²) in [6, 6.07) is -1.08. The second kappa shape index (κ2) is 14.8. The Morgan fingerprint density at radius 1 is 1.26 bits per heavy atom. The van der Waals surface area contributed by atoms with Crippen LogP contribution < -0.4 is 5.32 Å². The molecule has 0 spiro atoms. The monoisotopic (exact) mass is 722 g/mol. The number of methoxy groups -OCH3 is 1. The van der Waals surface area contributed by atoms with Crippen LogP contribution in [0.2, 0.25) is 0 Å². The van der Waals surface area contributed by atoms with Gasteiger partial charge in [-0.1, -0.05) is 45.4 Å². The summed E-state index contributed by atoms with van der Waals surface area (Å²) < 4.78 is 18.3. The normalized spacial score (nSPS) is 22.7. The second-order valence-corrected chi connectivity index (χ2v) is 10.2. The van der Waals surface area contributed by atoms with Gasteiger partial charge in [-0.05, 0) is 39.4 Å². The number of esters is 1. The van der Waals surface area contributed by atoms with Gasteiger partial charge in [0.05, 0.1) is 13.0 Å². The van der Waals surface area contributed by atoms with E-state index in [0.717, 1.165) is 25.7 Å². The van der Waals surface area contributed by atoms with Gasteiger partial charge in [0.1, 0.15) is 18.0 Å². The summed E-state index contributed by atoms with van der Waals surface area (Å²) in [5, 5.41) is 3.05. The quantitative estimate of drug-likeness (QED) is 0.290. The number of hydrogen-bond acceptors (Lipinski definition) is 7. The van der Waals surface area contributed by atoms with Crippen LogP contribution in [0.15, 0.2) is 18.7 Å². The molecule has 1 heterocycles. The van der Waals surface area contributed by atoms with Crippen LogP contribution in [0.25, 0.3) is 5.73 Å². The first kappa shape index (κ1) is 32.3. The molecule has 1 aliphatic carbocycles. The molecule has 1 fully saturated rings. The van der Waals surface area contributed by atoms with Gasteiger partial charge in [0.25, 0.3) is 5.17 Å². The first-order chi connectivity index (χ1) is 16.0. The van der Waals surface area contributed by atoms with E-state index < -0.39 is 47.7 Å². The van der Waals surface area contributed by atoms with Gasteiger partial charge < -0.3 is 25.3 Å². The van der Waals surface area contributed by atoms with Crippen LogP contribution in [0.3, 0.4) is 0 Å². The molecular weight excluding hydrogens is 683 g/mol. The van der Waals surface area contributed by atoms with Crippen molar-refractivity contribution in [2.75, 3.05) is 7.11 Å². The Morgan fingerprint density at radius 2 is 1.89 bits per heavy atom. The van der Waals surface area contributed by atoms with Crippen molar-refractivity contribution in [3.8, 4) is 0 Å². The number of hydrogen-bond donors (Lipinski definition) is 1. The largest absolute Gasteiger partial charge is 0.674 e. The van der Waals surface area contributed by atoms with Crippen LogP contribution in [0.1, 0.15) is 66.7 Å². The molecule has 1 aromatic heterocycles. The van der Waals surface area contributed by atoms with E-state index in [-0.39, 0.29) is 61.6 Å². The van der Waals surface area contributed by atoms with Gasteiger partial charge >= 0.3 is 12.1 Å². The summed E-state index contributed by atoms with van der Waals surface area (Å²) in [4.78, 5) is 29.4. The van der Waals surface area contributed by atoms with Crippen molar-refractivity contribution in [2.24, 2.45) is 17.8 Å². The van der Waals surface area contributed by atoms with E-state index in [2.05, 4.69) is 24.1 Å². The standard InChI is InChI=1S/C24H39N4O5S.Ac/c1-7-9-15(10-8-2)19(25)18-17(27-22(30)33-24(3,4)5)13-16(21(29)31-6)20(18)32-23(34)28-12-11-26-14-28;/h11-12,14-20,25H,7-10,13H2,1-6H3,(H,27,30);/q-1;/t16-,17+,18+,19?,20+;/m0./s1.